The van der Waals surface area contributed by atoms with Crippen LogP contribution in [0.2, 0.25) is 0 Å². The Bertz CT molecular complexity index is 3950. The number of pyridine rings is 1. The van der Waals surface area contributed by atoms with Crippen LogP contribution in [0.15, 0.2) is 125 Å². The van der Waals surface area contributed by atoms with Gasteiger partial charge in [-0.15, -0.1) is 34.0 Å². The van der Waals surface area contributed by atoms with Crippen molar-refractivity contribution in [1.82, 2.24) is 83.1 Å². The van der Waals surface area contributed by atoms with Gasteiger partial charge >= 0.3 is 5.97 Å². The third kappa shape index (κ3) is 15.1. The van der Waals surface area contributed by atoms with Gasteiger partial charge in [-0.3, -0.25) is 47.9 Å². The van der Waals surface area contributed by atoms with Crippen LogP contribution in [-0.4, -0.2) is 117 Å². The van der Waals surface area contributed by atoms with Crippen molar-refractivity contribution in [1.29, 1.82) is 0 Å². The number of aliphatic hydroxyl groups excluding tert-OH is 1. The molecule has 34 heteroatoms. The van der Waals surface area contributed by atoms with Crippen molar-refractivity contribution in [2.45, 2.75) is 45.5 Å². The number of oxazole rings is 2. The third-order valence-electron chi connectivity index (χ3n) is 11.2. The minimum atomic E-state index is -1.63. The molecule has 10 amide bonds. The van der Waals surface area contributed by atoms with Crippen LogP contribution in [0.4, 0.5) is 0 Å². The molecule has 0 saturated carbocycles. The Morgan fingerprint density at radius 3 is 2.02 bits per heavy atom. The molecule has 7 rings (SSSR count). The van der Waals surface area contributed by atoms with Crippen LogP contribution in [0.1, 0.15) is 99.5 Å². The Morgan fingerprint density at radius 1 is 0.721 bits per heavy atom. The Hall–Kier alpha value is -11.2. The number of aliphatic hydroxyl groups is 1. The van der Waals surface area contributed by atoms with Crippen molar-refractivity contribution in [3.63, 3.8) is 0 Å². The summed E-state index contributed by atoms with van der Waals surface area (Å²) in [5, 5.41) is 45.0. The maximum Gasteiger partial charge on any atom is 0.351 e. The number of allylic oxidation sites excluding steroid dienone is 1. The van der Waals surface area contributed by atoms with Crippen molar-refractivity contribution >= 4 is 110 Å². The molecule has 6 aromatic rings. The molecule has 3 unspecified atom stereocenters. The number of carboxylic acid groups (broad SMARTS) is 1. The molecule has 1 aliphatic heterocycles. The Morgan fingerprint density at radius 2 is 1.36 bits per heavy atom. The van der Waals surface area contributed by atoms with Gasteiger partial charge in [-0.2, -0.15) is 0 Å². The molecule has 442 valence electrons. The Labute approximate surface area is 495 Å². The van der Waals surface area contributed by atoms with Crippen LogP contribution in [0.5, 0.6) is 0 Å². The lowest BCUT2D eigenvalue weighted by molar-refractivity contribution is -0.134. The average molecular weight is 1230 g/mol. The van der Waals surface area contributed by atoms with Gasteiger partial charge < -0.3 is 72.2 Å². The first-order valence-electron chi connectivity index (χ1n) is 24.3. The zero-order valence-corrected chi connectivity index (χ0v) is 47.4. The number of rotatable bonds is 10. The molecule has 31 nitrogen and oxygen atoms in total. The van der Waals surface area contributed by atoms with E-state index in [2.05, 4.69) is 112 Å². The summed E-state index contributed by atoms with van der Waals surface area (Å²) >= 11 is 2.77. The topological polar surface area (TPSA) is 452 Å². The summed E-state index contributed by atoms with van der Waals surface area (Å²) in [5.41, 5.74) is -4.39. The molecule has 0 spiro atoms. The highest BCUT2D eigenvalue weighted by molar-refractivity contribution is 7.14. The molecule has 0 saturated heterocycles. The number of amides is 10. The molecule has 0 fully saturated rings. The van der Waals surface area contributed by atoms with Gasteiger partial charge in [-0.05, 0) is 32.9 Å². The fraction of sp³-hybridized carbons (Fsp3) is 0.135. The highest BCUT2D eigenvalue weighted by atomic mass is 32.1. The highest BCUT2D eigenvalue weighted by Gasteiger charge is 2.31. The molecule has 12 N–H and O–H groups in total. The van der Waals surface area contributed by atoms with E-state index in [0.29, 0.717) is 10.0 Å². The van der Waals surface area contributed by atoms with Crippen molar-refractivity contribution < 1.29 is 71.8 Å². The maximum absolute atomic E-state index is 13.8. The van der Waals surface area contributed by atoms with E-state index in [1.807, 2.05) is 10.6 Å². The summed E-state index contributed by atoms with van der Waals surface area (Å²) in [5.74, 6) is -11.9. The molecule has 1 aliphatic rings. The largest absolute Gasteiger partial charge is 0.477 e. The van der Waals surface area contributed by atoms with Gasteiger partial charge in [0, 0.05) is 10.9 Å². The second-order valence-electron chi connectivity index (χ2n) is 17.5. The van der Waals surface area contributed by atoms with Gasteiger partial charge in [-0.25, -0.2) is 34.7 Å². The predicted octanol–water partition coefficient (Wildman–Crippen LogP) is 1.40. The minimum absolute atomic E-state index is 0.0379. The quantitative estimate of drug-likeness (QED) is 0.0862. The Balaban J connectivity index is 1.15. The van der Waals surface area contributed by atoms with Crippen LogP contribution in [0.3, 0.4) is 0 Å². The molecule has 0 aromatic carbocycles. The first-order valence-corrected chi connectivity index (χ1v) is 26.8. The zero-order chi connectivity index (χ0) is 62.8. The molecule has 10 bridgehead atoms. The maximum atomic E-state index is 13.8. The van der Waals surface area contributed by atoms with Crippen LogP contribution in [0, 0.1) is 0 Å². The van der Waals surface area contributed by atoms with Gasteiger partial charge in [0.25, 0.3) is 53.2 Å². The monoisotopic (exact) mass is 1230 g/mol. The van der Waals surface area contributed by atoms with E-state index in [1.165, 1.54) is 49.8 Å². The molecule has 86 heavy (non-hydrogen) atoms. The summed E-state index contributed by atoms with van der Waals surface area (Å²) in [6.45, 7) is 25.0. The number of hydrogen-bond acceptors (Lipinski definition) is 23. The van der Waals surface area contributed by atoms with E-state index >= 15 is 0 Å². The van der Waals surface area contributed by atoms with Crippen LogP contribution in [0.25, 0.3) is 33.4 Å². The first kappa shape index (κ1) is 62.4. The number of carbonyl (C=O) groups is 11. The summed E-state index contributed by atoms with van der Waals surface area (Å²) in [6.07, 6.45) is 4.55. The summed E-state index contributed by atoms with van der Waals surface area (Å²) < 4.78 is 11.3. The van der Waals surface area contributed by atoms with Crippen LogP contribution < -0.4 is 53.2 Å². The van der Waals surface area contributed by atoms with Gasteiger partial charge in [0.2, 0.25) is 23.4 Å². The number of carbonyl (C=O) groups excluding carboxylic acids is 10. The number of nitrogens with one attached hydrogen (secondary N) is 10. The molecule has 6 aromatic heterocycles. The average Bonchev–Trinajstić information content (AvgIpc) is 4.19. The number of aliphatic carboxylic acids is 1. The molecule has 0 aliphatic carbocycles. The molecule has 7 heterocycles. The summed E-state index contributed by atoms with van der Waals surface area (Å²) in [7, 11) is 0. The highest BCUT2D eigenvalue weighted by Crippen LogP contribution is 2.34. The number of thiazole rings is 3. The molecular formula is C52H46N16O15S3. The van der Waals surface area contributed by atoms with Crippen molar-refractivity contribution in [2.24, 2.45) is 0 Å². The van der Waals surface area contributed by atoms with E-state index in [1.54, 1.807) is 6.92 Å². The summed E-state index contributed by atoms with van der Waals surface area (Å²) in [6, 6.07) is 0.157. The molecule has 0 radical (unpaired) electrons. The van der Waals surface area contributed by atoms with E-state index in [4.69, 9.17) is 13.9 Å². The number of carboxylic acids is 1. The number of fused-ring (bicyclic) bond motifs is 13. The molecule has 3 atom stereocenters. The number of aromatic nitrogens is 6. The summed E-state index contributed by atoms with van der Waals surface area (Å²) in [4.78, 5) is 169. The second-order valence-corrected chi connectivity index (χ2v) is 20.6. The fourth-order valence-corrected chi connectivity index (χ4v) is 9.21. The minimum Gasteiger partial charge on any atom is -0.477 e. The van der Waals surface area contributed by atoms with Gasteiger partial charge in [0.05, 0.1) is 71.5 Å². The first-order chi connectivity index (χ1) is 40.7. The van der Waals surface area contributed by atoms with Crippen molar-refractivity contribution in [2.75, 3.05) is 0 Å². The predicted molar refractivity (Wildman–Crippen MR) is 303 cm³/mol. The lowest BCUT2D eigenvalue weighted by Gasteiger charge is -2.20. The van der Waals surface area contributed by atoms with Crippen molar-refractivity contribution in [3.8, 4) is 22.0 Å². The van der Waals surface area contributed by atoms with Crippen LogP contribution >= 0.6 is 34.0 Å². The smallest absolute Gasteiger partial charge is 0.351 e. The lowest BCUT2D eigenvalue weighted by Crippen LogP contribution is -2.52. The fourth-order valence-electron chi connectivity index (χ4n) is 6.81. The van der Waals surface area contributed by atoms with E-state index in [-0.39, 0.29) is 72.9 Å². The number of nitrogens with zero attached hydrogens (tertiary/aromatic N) is 6. The number of hydrogen-bond donors (Lipinski definition) is 12. The standard InChI is InChI=1S/C52H46N16O15S3/c1-10-28-49-55-13-32(83-49)44(76)54-16-35-53-14-33(85-35)45(77)62-24(7)50-56-15-34(86-50)46(78)60-22(5)40(72)61-23(6)48-66-30(17-82-48)37-27(51-67-31(18-84-51)43(75)68-36(26(9)69)47(79)65-28)11-12-29(64-37)42(74)59-21(4)39(71)57-19(2)38(70)58-20(3)41(73)63-25(8)52(80)81/h10-15,17-18,24,26,36,69H,2-6,8,16H2,1,7,9H3,(H,54,76)(H,57,71)(H,58,70)(H,59,74)(H,60,78)(H,61,72)(H,62,77)(H,63,73)(H,65,79)(H,68,75)(H,80,81). The lowest BCUT2D eigenvalue weighted by atomic mass is 10.1. The van der Waals surface area contributed by atoms with Crippen LogP contribution in [-0.2, 0) is 35.3 Å². The second kappa shape index (κ2) is 26.8. The SMILES string of the molecule is C=C(NC(=O)C(=C)NC(=O)C(=C)NC(=O)C(=C)NC(=O)c1ccc2c(n1)-c1coc(n1)C(=C)NC(=O)C(=C)NC(=O)c1cnc(s1)C(C)NC(=O)c1cnc(s1)CNC(=O)c1cnc(o1)C(=CC)NC(=O)C(C(C)O)NC(=O)c1csc-2n1)C(=O)O. The van der Waals surface area contributed by atoms with Gasteiger partial charge in [-0.1, -0.05) is 45.5 Å². The molecular weight excluding hydrogens is 1180 g/mol. The van der Waals surface area contributed by atoms with E-state index in [0.717, 1.165) is 46.5 Å². The van der Waals surface area contributed by atoms with E-state index < -0.39 is 117 Å². The Kier molecular flexibility index (Phi) is 19.4. The zero-order valence-electron chi connectivity index (χ0n) is 44.9. The van der Waals surface area contributed by atoms with E-state index in [9.17, 15) is 57.8 Å². The van der Waals surface area contributed by atoms with Gasteiger partial charge in [0.1, 0.15) is 65.6 Å². The van der Waals surface area contributed by atoms with Gasteiger partial charge in [0.15, 0.2) is 0 Å². The third-order valence-corrected chi connectivity index (χ3v) is 14.3. The normalized spacial score (nSPS) is 16.1. The van der Waals surface area contributed by atoms with Crippen molar-refractivity contribution in [3.05, 3.63) is 165 Å².